The maximum absolute atomic E-state index is 4.33. The van der Waals surface area contributed by atoms with Crippen LogP contribution >= 0.6 is 24.0 Å². The smallest absolute Gasteiger partial charge is 0.193 e. The molecule has 120 valence electrons. The number of guanidine groups is 1. The van der Waals surface area contributed by atoms with E-state index >= 15 is 0 Å². The molecule has 1 aromatic heterocycles. The molecule has 0 unspecified atom stereocenters. The van der Waals surface area contributed by atoms with E-state index in [1.54, 1.807) is 11.7 Å². The molecular formula is C16H24IN5. The van der Waals surface area contributed by atoms with Crippen LogP contribution in [0.4, 0.5) is 0 Å². The lowest BCUT2D eigenvalue weighted by Gasteiger charge is -2.22. The predicted molar refractivity (Wildman–Crippen MR) is 101 cm³/mol. The summed E-state index contributed by atoms with van der Waals surface area (Å²) >= 11 is 0. The largest absolute Gasteiger partial charge is 0.352 e. The number of rotatable bonds is 4. The molecule has 0 fully saturated rings. The average Bonchev–Trinajstić information content (AvgIpc) is 2.88. The highest BCUT2D eigenvalue weighted by atomic mass is 127. The maximum Gasteiger partial charge on any atom is 0.193 e. The minimum atomic E-state index is 0. The quantitative estimate of drug-likeness (QED) is 0.476. The van der Waals surface area contributed by atoms with Gasteiger partial charge in [0.2, 0.25) is 0 Å². The second-order valence-electron chi connectivity index (χ2n) is 5.26. The Hall–Kier alpha value is -1.57. The molecule has 0 saturated heterocycles. The fourth-order valence-electron chi connectivity index (χ4n) is 2.17. The summed E-state index contributed by atoms with van der Waals surface area (Å²) in [6, 6.07) is 8.57. The molecule has 2 rings (SSSR count). The highest BCUT2D eigenvalue weighted by Gasteiger charge is 2.07. The van der Waals surface area contributed by atoms with Crippen LogP contribution in [0.5, 0.6) is 0 Å². The third-order valence-corrected chi connectivity index (χ3v) is 3.32. The highest BCUT2D eigenvalue weighted by molar-refractivity contribution is 14.0. The van der Waals surface area contributed by atoms with E-state index in [4.69, 9.17) is 0 Å². The predicted octanol–water partition coefficient (Wildman–Crippen LogP) is 2.55. The van der Waals surface area contributed by atoms with Gasteiger partial charge in [0, 0.05) is 46.0 Å². The van der Waals surface area contributed by atoms with Gasteiger partial charge in [0.15, 0.2) is 5.96 Å². The number of aryl methyl sites for hydroxylation is 2. The Balaban J connectivity index is 0.00000242. The number of nitrogens with one attached hydrogen (secondary N) is 1. The first-order valence-corrected chi connectivity index (χ1v) is 7.03. The van der Waals surface area contributed by atoms with E-state index in [1.165, 1.54) is 11.1 Å². The molecule has 0 radical (unpaired) electrons. The van der Waals surface area contributed by atoms with E-state index in [9.17, 15) is 0 Å². The van der Waals surface area contributed by atoms with Crippen LogP contribution in [0.1, 0.15) is 16.7 Å². The Bertz CT molecular complexity index is 603. The second-order valence-corrected chi connectivity index (χ2v) is 5.26. The first kappa shape index (κ1) is 18.5. The molecule has 6 heteroatoms. The molecule has 1 aromatic carbocycles. The summed E-state index contributed by atoms with van der Waals surface area (Å²) in [7, 11) is 5.76. The number of halogens is 1. The summed E-state index contributed by atoms with van der Waals surface area (Å²) in [5, 5.41) is 7.52. The lowest BCUT2D eigenvalue weighted by Crippen LogP contribution is -2.37. The van der Waals surface area contributed by atoms with Gasteiger partial charge in [-0.25, -0.2) is 0 Å². The fraction of sp³-hybridized carbons (Fsp3) is 0.375. The van der Waals surface area contributed by atoms with Gasteiger partial charge in [-0.3, -0.25) is 9.67 Å². The molecule has 0 aliphatic rings. The van der Waals surface area contributed by atoms with Gasteiger partial charge in [0.25, 0.3) is 0 Å². The molecule has 2 aromatic rings. The Kier molecular flexibility index (Phi) is 7.37. The van der Waals surface area contributed by atoms with Crippen molar-refractivity contribution in [1.82, 2.24) is 20.0 Å². The molecule has 0 aliphatic heterocycles. The number of hydrogen-bond acceptors (Lipinski definition) is 2. The van der Waals surface area contributed by atoms with E-state index < -0.39 is 0 Å². The van der Waals surface area contributed by atoms with Gasteiger partial charge in [-0.15, -0.1) is 24.0 Å². The zero-order chi connectivity index (χ0) is 15.2. The van der Waals surface area contributed by atoms with E-state index in [2.05, 4.69) is 51.5 Å². The number of hydrogen-bond donors (Lipinski definition) is 1. The fourth-order valence-corrected chi connectivity index (χ4v) is 2.17. The van der Waals surface area contributed by atoms with Crippen molar-refractivity contribution in [2.45, 2.75) is 20.0 Å². The lowest BCUT2D eigenvalue weighted by atomic mass is 10.1. The van der Waals surface area contributed by atoms with Crippen molar-refractivity contribution in [3.63, 3.8) is 0 Å². The second kappa shape index (κ2) is 8.77. The topological polar surface area (TPSA) is 45.5 Å². The van der Waals surface area contributed by atoms with Crippen LogP contribution in [0.2, 0.25) is 0 Å². The average molecular weight is 413 g/mol. The Morgan fingerprint density at radius 1 is 1.27 bits per heavy atom. The van der Waals surface area contributed by atoms with E-state index in [1.807, 2.05) is 26.5 Å². The van der Waals surface area contributed by atoms with Gasteiger partial charge in [-0.1, -0.05) is 29.8 Å². The van der Waals surface area contributed by atoms with Gasteiger partial charge >= 0.3 is 0 Å². The maximum atomic E-state index is 4.33. The highest BCUT2D eigenvalue weighted by Crippen LogP contribution is 2.06. The van der Waals surface area contributed by atoms with E-state index in [0.717, 1.165) is 24.6 Å². The molecule has 1 heterocycles. The summed E-state index contributed by atoms with van der Waals surface area (Å²) in [4.78, 5) is 6.44. The van der Waals surface area contributed by atoms with Crippen molar-refractivity contribution in [3.8, 4) is 0 Å². The standard InChI is InChI=1S/C16H23N5.HI/c1-13-5-7-14(8-6-13)11-20(3)16(17-2)18-9-15-10-19-21(4)12-15;/h5-8,10,12H,9,11H2,1-4H3,(H,17,18);1H. The van der Waals surface area contributed by atoms with Crippen LogP contribution < -0.4 is 5.32 Å². The number of aromatic nitrogens is 2. The van der Waals surface area contributed by atoms with Crippen molar-refractivity contribution in [1.29, 1.82) is 0 Å². The summed E-state index contributed by atoms with van der Waals surface area (Å²) < 4.78 is 1.80. The number of aliphatic imine (C=N–C) groups is 1. The van der Waals surface area contributed by atoms with Gasteiger partial charge in [0.1, 0.15) is 0 Å². The van der Waals surface area contributed by atoms with Crippen LogP contribution in [0.3, 0.4) is 0 Å². The molecule has 0 spiro atoms. The molecule has 5 nitrogen and oxygen atoms in total. The molecule has 0 aliphatic carbocycles. The first-order chi connectivity index (χ1) is 10.1. The summed E-state index contributed by atoms with van der Waals surface area (Å²) in [5.41, 5.74) is 3.69. The number of benzene rings is 1. The van der Waals surface area contributed by atoms with Crippen molar-refractivity contribution in [3.05, 3.63) is 53.3 Å². The van der Waals surface area contributed by atoms with Gasteiger partial charge in [0.05, 0.1) is 6.20 Å². The monoisotopic (exact) mass is 413 g/mol. The minimum Gasteiger partial charge on any atom is -0.352 e. The van der Waals surface area contributed by atoms with Crippen molar-refractivity contribution in [2.75, 3.05) is 14.1 Å². The normalized spacial score (nSPS) is 11.0. The SMILES string of the molecule is CN=C(NCc1cnn(C)c1)N(C)Cc1ccc(C)cc1.I. The molecule has 0 saturated carbocycles. The Morgan fingerprint density at radius 3 is 2.50 bits per heavy atom. The third-order valence-electron chi connectivity index (χ3n) is 3.32. The van der Waals surface area contributed by atoms with Crippen molar-refractivity contribution in [2.24, 2.45) is 12.0 Å². The van der Waals surface area contributed by atoms with Gasteiger partial charge < -0.3 is 10.2 Å². The minimum absolute atomic E-state index is 0. The summed E-state index contributed by atoms with van der Waals surface area (Å²) in [5.74, 6) is 0.874. The van der Waals surface area contributed by atoms with Crippen LogP contribution in [0.15, 0.2) is 41.7 Å². The zero-order valence-corrected chi connectivity index (χ0v) is 15.9. The van der Waals surface area contributed by atoms with Crippen LogP contribution in [-0.2, 0) is 20.1 Å². The summed E-state index contributed by atoms with van der Waals surface area (Å²) in [6.07, 6.45) is 3.86. The van der Waals surface area contributed by atoms with Gasteiger partial charge in [-0.05, 0) is 12.5 Å². The zero-order valence-electron chi connectivity index (χ0n) is 13.6. The molecule has 1 N–H and O–H groups in total. The molecular weight excluding hydrogens is 389 g/mol. The van der Waals surface area contributed by atoms with Crippen molar-refractivity contribution >= 4 is 29.9 Å². The van der Waals surface area contributed by atoms with E-state index in [-0.39, 0.29) is 24.0 Å². The van der Waals surface area contributed by atoms with Crippen molar-refractivity contribution < 1.29 is 0 Å². The molecule has 22 heavy (non-hydrogen) atoms. The molecule has 0 amide bonds. The third kappa shape index (κ3) is 5.32. The lowest BCUT2D eigenvalue weighted by molar-refractivity contribution is 0.476. The van der Waals surface area contributed by atoms with Crippen LogP contribution in [0, 0.1) is 6.92 Å². The van der Waals surface area contributed by atoms with E-state index in [0.29, 0.717) is 0 Å². The Labute approximate surface area is 149 Å². The molecule has 0 bridgehead atoms. The molecule has 0 atom stereocenters. The first-order valence-electron chi connectivity index (χ1n) is 7.03. The van der Waals surface area contributed by atoms with Crippen LogP contribution in [0.25, 0.3) is 0 Å². The number of nitrogens with zero attached hydrogens (tertiary/aromatic N) is 4. The van der Waals surface area contributed by atoms with Crippen LogP contribution in [-0.4, -0.2) is 34.7 Å². The summed E-state index contributed by atoms with van der Waals surface area (Å²) in [6.45, 7) is 3.65. The van der Waals surface area contributed by atoms with Gasteiger partial charge in [-0.2, -0.15) is 5.10 Å². The Morgan fingerprint density at radius 2 is 1.95 bits per heavy atom.